The van der Waals surface area contributed by atoms with Crippen molar-refractivity contribution in [2.45, 2.75) is 24.4 Å². The van der Waals surface area contributed by atoms with Gasteiger partial charge in [0.15, 0.2) is 5.79 Å². The van der Waals surface area contributed by atoms with E-state index in [1.807, 2.05) is 0 Å². The van der Waals surface area contributed by atoms with Gasteiger partial charge in [-0.1, -0.05) is 29.8 Å². The number of piperidine rings is 1. The van der Waals surface area contributed by atoms with Crippen LogP contribution in [0.4, 0.5) is 16.2 Å². The summed E-state index contributed by atoms with van der Waals surface area (Å²) < 4.78 is 11.5. The summed E-state index contributed by atoms with van der Waals surface area (Å²) in [5.41, 5.74) is -1.16. The lowest BCUT2D eigenvalue weighted by molar-refractivity contribution is -0.192. The summed E-state index contributed by atoms with van der Waals surface area (Å²) in [4.78, 5) is 29.5. The Morgan fingerprint density at radius 1 is 1.03 bits per heavy atom. The van der Waals surface area contributed by atoms with E-state index in [1.54, 1.807) is 53.4 Å². The molecule has 0 aliphatic carbocycles. The average molecular weight is 444 g/mol. The predicted molar refractivity (Wildman–Crippen MR) is 114 cm³/mol. The quantitative estimate of drug-likeness (QED) is 0.744. The molecule has 2 N–H and O–H groups in total. The standard InChI is InChI=1S/C22H22ClN3O5/c23-15-5-7-16(8-6-15)26-20(28)24-18-4-2-1-3-17(18)22(26,29)19(27)25-11-9-21(10-12-25)30-13-14-31-21/h1-8,29H,9-14H2,(H,24,28)/t22-/m1/s1. The molecule has 3 amide bonds. The number of nitrogens with one attached hydrogen (secondary N) is 1. The molecule has 31 heavy (non-hydrogen) atoms. The van der Waals surface area contributed by atoms with Gasteiger partial charge in [-0.05, 0) is 30.3 Å². The van der Waals surface area contributed by atoms with Crippen LogP contribution in [0.1, 0.15) is 18.4 Å². The number of anilines is 2. The van der Waals surface area contributed by atoms with Crippen molar-refractivity contribution in [2.24, 2.45) is 0 Å². The van der Waals surface area contributed by atoms with Crippen LogP contribution in [0.25, 0.3) is 0 Å². The number of hydrogen-bond acceptors (Lipinski definition) is 5. The van der Waals surface area contributed by atoms with Gasteiger partial charge in [-0.3, -0.25) is 9.69 Å². The molecule has 0 radical (unpaired) electrons. The first-order valence-corrected chi connectivity index (χ1v) is 10.6. The molecule has 2 fully saturated rings. The smallest absolute Gasteiger partial charge is 0.329 e. The van der Waals surface area contributed by atoms with E-state index in [1.165, 1.54) is 0 Å². The number of benzene rings is 2. The number of carbonyl (C=O) groups excluding carboxylic acids is 2. The Bertz CT molecular complexity index is 1010. The first-order chi connectivity index (χ1) is 14.9. The summed E-state index contributed by atoms with van der Waals surface area (Å²) in [6.45, 7) is 1.77. The van der Waals surface area contributed by atoms with Crippen molar-refractivity contribution in [3.8, 4) is 0 Å². The Kier molecular flexibility index (Phi) is 4.90. The molecule has 3 heterocycles. The molecule has 0 unspecified atom stereocenters. The van der Waals surface area contributed by atoms with Crippen molar-refractivity contribution in [1.29, 1.82) is 0 Å². The van der Waals surface area contributed by atoms with Gasteiger partial charge in [-0.15, -0.1) is 0 Å². The molecule has 0 aromatic heterocycles. The fraction of sp³-hybridized carbons (Fsp3) is 0.364. The highest BCUT2D eigenvalue weighted by Gasteiger charge is 2.54. The molecule has 2 saturated heterocycles. The fourth-order valence-corrected chi connectivity index (χ4v) is 4.62. The maximum absolute atomic E-state index is 13.8. The van der Waals surface area contributed by atoms with Crippen LogP contribution in [0.5, 0.6) is 0 Å². The molecule has 0 bridgehead atoms. The zero-order valence-corrected chi connectivity index (χ0v) is 17.5. The third-order valence-corrected chi connectivity index (χ3v) is 6.33. The molecular formula is C22H22ClN3O5. The molecular weight excluding hydrogens is 422 g/mol. The molecule has 1 atom stereocenters. The van der Waals surface area contributed by atoms with Gasteiger partial charge < -0.3 is 24.8 Å². The number of halogens is 1. The van der Waals surface area contributed by atoms with Gasteiger partial charge in [0.25, 0.3) is 11.6 Å². The van der Waals surface area contributed by atoms with Crippen LogP contribution in [0.2, 0.25) is 5.02 Å². The summed E-state index contributed by atoms with van der Waals surface area (Å²) in [7, 11) is 0. The minimum absolute atomic E-state index is 0.309. The number of amides is 3. The van der Waals surface area contributed by atoms with E-state index in [9.17, 15) is 14.7 Å². The van der Waals surface area contributed by atoms with Crippen molar-refractivity contribution in [2.75, 3.05) is 36.5 Å². The Morgan fingerprint density at radius 3 is 2.35 bits per heavy atom. The second-order valence-electron chi connectivity index (χ2n) is 7.86. The van der Waals surface area contributed by atoms with Crippen LogP contribution in [-0.2, 0) is 20.0 Å². The van der Waals surface area contributed by atoms with E-state index in [0.29, 0.717) is 61.1 Å². The summed E-state index contributed by atoms with van der Waals surface area (Å²) in [5.74, 6) is -1.23. The normalized spacial score (nSPS) is 24.8. The van der Waals surface area contributed by atoms with E-state index >= 15 is 0 Å². The van der Waals surface area contributed by atoms with Crippen LogP contribution in [0, 0.1) is 0 Å². The lowest BCUT2D eigenvalue weighted by atomic mass is 9.93. The Balaban J connectivity index is 1.54. The van der Waals surface area contributed by atoms with Crippen molar-refractivity contribution in [3.05, 3.63) is 59.1 Å². The Hall–Kier alpha value is -2.65. The summed E-state index contributed by atoms with van der Waals surface area (Å²) in [6, 6.07) is 12.6. The molecule has 0 saturated carbocycles. The minimum atomic E-state index is -2.21. The second kappa shape index (κ2) is 7.49. The highest BCUT2D eigenvalue weighted by molar-refractivity contribution is 6.30. The number of fused-ring (bicyclic) bond motifs is 1. The highest BCUT2D eigenvalue weighted by atomic mass is 35.5. The molecule has 162 valence electrons. The van der Waals surface area contributed by atoms with Crippen molar-refractivity contribution in [3.63, 3.8) is 0 Å². The lowest BCUT2D eigenvalue weighted by Gasteiger charge is -2.46. The van der Waals surface area contributed by atoms with Crippen molar-refractivity contribution < 1.29 is 24.2 Å². The number of ether oxygens (including phenoxy) is 2. The van der Waals surface area contributed by atoms with Crippen LogP contribution >= 0.6 is 11.6 Å². The van der Waals surface area contributed by atoms with Crippen LogP contribution in [0.3, 0.4) is 0 Å². The third kappa shape index (κ3) is 3.27. The molecule has 1 spiro atoms. The maximum atomic E-state index is 13.8. The number of hydrogen-bond donors (Lipinski definition) is 2. The second-order valence-corrected chi connectivity index (χ2v) is 8.30. The van der Waals surface area contributed by atoms with E-state index in [0.717, 1.165) is 4.90 Å². The number of rotatable bonds is 2. The summed E-state index contributed by atoms with van der Waals surface area (Å²) >= 11 is 6.00. The highest BCUT2D eigenvalue weighted by Crippen LogP contribution is 2.42. The zero-order chi connectivity index (χ0) is 21.6. The van der Waals surface area contributed by atoms with Crippen LogP contribution in [-0.4, -0.2) is 54.0 Å². The largest absolute Gasteiger partial charge is 0.359 e. The molecule has 8 nitrogen and oxygen atoms in total. The number of carbonyl (C=O) groups is 2. The molecule has 3 aliphatic heterocycles. The van der Waals surface area contributed by atoms with Crippen LogP contribution in [0.15, 0.2) is 48.5 Å². The summed E-state index contributed by atoms with van der Waals surface area (Å²) in [5, 5.41) is 15.2. The van der Waals surface area contributed by atoms with Gasteiger partial charge in [0, 0.05) is 42.2 Å². The van der Waals surface area contributed by atoms with Gasteiger partial charge in [0.1, 0.15) is 0 Å². The average Bonchev–Trinajstić information content (AvgIpc) is 3.23. The number of aliphatic hydroxyl groups is 1. The van der Waals surface area contributed by atoms with Gasteiger partial charge in [-0.2, -0.15) is 0 Å². The molecule has 2 aromatic rings. The monoisotopic (exact) mass is 443 g/mol. The van der Waals surface area contributed by atoms with Crippen molar-refractivity contribution in [1.82, 2.24) is 4.90 Å². The first kappa shape index (κ1) is 20.3. The van der Waals surface area contributed by atoms with Gasteiger partial charge in [0.2, 0.25) is 0 Å². The molecule has 3 aliphatic rings. The minimum Gasteiger partial charge on any atom is -0.359 e. The Labute approximate surface area is 184 Å². The number of urea groups is 1. The SMILES string of the molecule is O=C1Nc2ccccc2[C@@](O)(C(=O)N2CCC3(CC2)OCCO3)N1c1ccc(Cl)cc1. The van der Waals surface area contributed by atoms with E-state index < -0.39 is 23.5 Å². The first-order valence-electron chi connectivity index (χ1n) is 10.2. The number of para-hydroxylation sites is 1. The van der Waals surface area contributed by atoms with E-state index in [4.69, 9.17) is 21.1 Å². The number of likely N-dealkylation sites (tertiary alicyclic amines) is 1. The van der Waals surface area contributed by atoms with Gasteiger partial charge in [-0.25, -0.2) is 4.79 Å². The molecule has 2 aromatic carbocycles. The lowest BCUT2D eigenvalue weighted by Crippen LogP contribution is -2.64. The zero-order valence-electron chi connectivity index (χ0n) is 16.7. The molecule has 9 heteroatoms. The fourth-order valence-electron chi connectivity index (χ4n) is 4.50. The summed E-state index contributed by atoms with van der Waals surface area (Å²) in [6.07, 6.45) is 1.01. The van der Waals surface area contributed by atoms with E-state index in [-0.39, 0.29) is 0 Å². The maximum Gasteiger partial charge on any atom is 0.329 e. The topological polar surface area (TPSA) is 91.3 Å². The number of nitrogens with zero attached hydrogens (tertiary/aromatic N) is 2. The van der Waals surface area contributed by atoms with Gasteiger partial charge in [0.05, 0.1) is 18.9 Å². The predicted octanol–water partition coefficient (Wildman–Crippen LogP) is 2.90. The van der Waals surface area contributed by atoms with E-state index in [2.05, 4.69) is 5.32 Å². The van der Waals surface area contributed by atoms with Gasteiger partial charge >= 0.3 is 6.03 Å². The Morgan fingerprint density at radius 2 is 1.68 bits per heavy atom. The molecule has 5 rings (SSSR count). The van der Waals surface area contributed by atoms with Crippen molar-refractivity contribution >= 4 is 34.9 Å². The third-order valence-electron chi connectivity index (χ3n) is 6.08. The van der Waals surface area contributed by atoms with Crippen LogP contribution < -0.4 is 10.2 Å².